The number of ether oxygens (including phenoxy) is 1. The molecule has 0 radical (unpaired) electrons. The van der Waals surface area contributed by atoms with Crippen LogP contribution in [-0.2, 0) is 5.41 Å². The van der Waals surface area contributed by atoms with Gasteiger partial charge in [-0.15, -0.1) is 0 Å². The van der Waals surface area contributed by atoms with Crippen molar-refractivity contribution >= 4 is 5.69 Å². The minimum atomic E-state index is -0.662. The van der Waals surface area contributed by atoms with Crippen LogP contribution in [0.1, 0.15) is 39.7 Å². The van der Waals surface area contributed by atoms with Gasteiger partial charge < -0.3 is 30.5 Å². The van der Waals surface area contributed by atoms with Crippen LogP contribution < -0.4 is 15.1 Å². The van der Waals surface area contributed by atoms with Crippen molar-refractivity contribution in [2.75, 3.05) is 24.8 Å². The van der Waals surface area contributed by atoms with E-state index in [-0.39, 0.29) is 24.2 Å². The maximum Gasteiger partial charge on any atom is 0.125 e. The van der Waals surface area contributed by atoms with Crippen LogP contribution in [0.4, 0.5) is 5.69 Å². The summed E-state index contributed by atoms with van der Waals surface area (Å²) in [6, 6.07) is 5.57. The summed E-state index contributed by atoms with van der Waals surface area (Å²) >= 11 is 0. The van der Waals surface area contributed by atoms with Crippen molar-refractivity contribution in [2.24, 2.45) is 0 Å². The first-order valence-electron chi connectivity index (χ1n) is 8.51. The number of aliphatic hydroxyl groups is 2. The van der Waals surface area contributed by atoms with Crippen LogP contribution in [-0.4, -0.2) is 48.2 Å². The molecule has 0 bridgehead atoms. The molecule has 0 saturated carbocycles. The van der Waals surface area contributed by atoms with E-state index >= 15 is 0 Å². The van der Waals surface area contributed by atoms with Crippen molar-refractivity contribution < 1.29 is 14.9 Å². The molecule has 1 heterocycles. The fraction of sp³-hybridized carbons (Fsp3) is 0.667. The van der Waals surface area contributed by atoms with Crippen molar-refractivity contribution in [3.05, 3.63) is 29.0 Å². The minimum absolute atomic E-state index is 0.119. The zero-order chi connectivity index (χ0) is 17.9. The minimum Gasteiger partial charge on any atom is -0.758 e. The summed E-state index contributed by atoms with van der Waals surface area (Å²) in [5, 5.41) is 35.6. The Labute approximate surface area is 144 Å². The second kappa shape index (κ2) is 7.70. The van der Waals surface area contributed by atoms with E-state index in [0.717, 1.165) is 10.6 Å². The second-order valence-electron chi connectivity index (χ2n) is 7.43. The highest BCUT2D eigenvalue weighted by molar-refractivity contribution is 5.67. The zero-order valence-electron chi connectivity index (χ0n) is 15.0. The lowest BCUT2D eigenvalue weighted by molar-refractivity contribution is 0.0992. The summed E-state index contributed by atoms with van der Waals surface area (Å²) in [6.07, 6.45) is -0.400. The first-order valence-corrected chi connectivity index (χ1v) is 8.51. The third kappa shape index (κ3) is 4.60. The van der Waals surface area contributed by atoms with E-state index in [4.69, 9.17) is 4.74 Å². The normalized spacial score (nSPS) is 19.7. The molecule has 0 saturated heterocycles. The number of anilines is 1. The average Bonchev–Trinajstić information content (AvgIpc) is 2.72. The van der Waals surface area contributed by atoms with E-state index in [1.807, 2.05) is 26.8 Å². The summed E-state index contributed by atoms with van der Waals surface area (Å²) in [6.45, 7) is 8.70. The lowest BCUT2D eigenvalue weighted by Gasteiger charge is -2.27. The number of fused-ring (bicyclic) bond motifs is 1. The Balaban J connectivity index is 1.92. The fourth-order valence-corrected chi connectivity index (χ4v) is 3.23. The number of nitrogens with one attached hydrogen (secondary N) is 1. The van der Waals surface area contributed by atoms with Gasteiger partial charge in [0, 0.05) is 35.8 Å². The Morgan fingerprint density at radius 3 is 2.71 bits per heavy atom. The largest absolute Gasteiger partial charge is 0.758 e. The quantitative estimate of drug-likeness (QED) is 0.670. The van der Waals surface area contributed by atoms with Gasteiger partial charge in [-0.3, -0.25) is 0 Å². The third-order valence-corrected chi connectivity index (χ3v) is 4.32. The van der Waals surface area contributed by atoms with Crippen LogP contribution >= 0.6 is 0 Å². The number of nitrogens with zero attached hydrogens (tertiary/aromatic N) is 1. The Morgan fingerprint density at radius 1 is 1.33 bits per heavy atom. The van der Waals surface area contributed by atoms with Gasteiger partial charge in [-0.2, -0.15) is 0 Å². The van der Waals surface area contributed by atoms with E-state index in [0.29, 0.717) is 30.9 Å². The van der Waals surface area contributed by atoms with Gasteiger partial charge in [0.1, 0.15) is 18.5 Å². The Bertz CT molecular complexity index is 548. The van der Waals surface area contributed by atoms with Gasteiger partial charge in [0.25, 0.3) is 0 Å². The highest BCUT2D eigenvalue weighted by Gasteiger charge is 2.34. The van der Waals surface area contributed by atoms with E-state index in [1.165, 1.54) is 0 Å². The van der Waals surface area contributed by atoms with Crippen molar-refractivity contribution in [2.45, 2.75) is 57.8 Å². The average molecular weight is 337 g/mol. The predicted octanol–water partition coefficient (Wildman–Crippen LogP) is 1.77. The molecule has 1 aromatic rings. The molecular formula is C18H29N2O4-. The highest BCUT2D eigenvalue weighted by Crippen LogP contribution is 2.45. The molecule has 24 heavy (non-hydrogen) atoms. The molecule has 136 valence electrons. The maximum absolute atomic E-state index is 12.0. The van der Waals surface area contributed by atoms with Gasteiger partial charge in [-0.05, 0) is 32.4 Å². The molecule has 1 aromatic carbocycles. The number of benzene rings is 1. The summed E-state index contributed by atoms with van der Waals surface area (Å²) in [5.74, 6) is 0.659. The second-order valence-corrected chi connectivity index (χ2v) is 7.43. The van der Waals surface area contributed by atoms with Crippen LogP contribution in [0.2, 0.25) is 0 Å². The molecule has 0 spiro atoms. The molecule has 0 amide bonds. The first-order chi connectivity index (χ1) is 11.2. The van der Waals surface area contributed by atoms with E-state index in [1.54, 1.807) is 19.1 Å². The Hall–Kier alpha value is -1.34. The summed E-state index contributed by atoms with van der Waals surface area (Å²) in [4.78, 5) is 0. The standard InChI is InChI=1S/C18H29N2O4/c1-12(8-13(2)21)19-9-14(22)10-24-16-7-5-6-15-17(16)18(3,4)11-20(15)23/h5-7,12-14,19,21-22H,8-11H2,1-4H3/q-1. The maximum atomic E-state index is 12.0. The number of hydroxylamine groups is 1. The molecular weight excluding hydrogens is 308 g/mol. The van der Waals surface area contributed by atoms with Crippen LogP contribution in [0.25, 0.3) is 0 Å². The third-order valence-electron chi connectivity index (χ3n) is 4.32. The molecule has 0 aromatic heterocycles. The van der Waals surface area contributed by atoms with Gasteiger partial charge >= 0.3 is 0 Å². The van der Waals surface area contributed by atoms with Crippen LogP contribution in [0, 0.1) is 5.21 Å². The Kier molecular flexibility index (Phi) is 6.09. The van der Waals surface area contributed by atoms with Crippen molar-refractivity contribution in [3.63, 3.8) is 0 Å². The molecule has 3 atom stereocenters. The van der Waals surface area contributed by atoms with E-state index in [2.05, 4.69) is 5.32 Å². The van der Waals surface area contributed by atoms with Gasteiger partial charge in [-0.1, -0.05) is 19.9 Å². The monoisotopic (exact) mass is 337 g/mol. The number of rotatable bonds is 8. The SMILES string of the molecule is CC(O)CC(C)NCC(O)COc1cccc2c1C(C)(C)CN2[O-]. The predicted molar refractivity (Wildman–Crippen MR) is 95.4 cm³/mol. The summed E-state index contributed by atoms with van der Waals surface area (Å²) in [7, 11) is 0. The molecule has 3 N–H and O–H groups in total. The van der Waals surface area contributed by atoms with Gasteiger partial charge in [0.15, 0.2) is 0 Å². The molecule has 6 nitrogen and oxygen atoms in total. The molecule has 3 unspecified atom stereocenters. The lowest BCUT2D eigenvalue weighted by Crippen LogP contribution is -2.38. The topological polar surface area (TPSA) is 88.0 Å². The highest BCUT2D eigenvalue weighted by atomic mass is 16.5. The van der Waals surface area contributed by atoms with Crippen molar-refractivity contribution in [1.29, 1.82) is 0 Å². The molecule has 2 rings (SSSR count). The summed E-state index contributed by atoms with van der Waals surface area (Å²) < 4.78 is 5.80. The van der Waals surface area contributed by atoms with Crippen molar-refractivity contribution in [3.8, 4) is 5.75 Å². The lowest BCUT2D eigenvalue weighted by atomic mass is 9.86. The fourth-order valence-electron chi connectivity index (χ4n) is 3.23. The molecule has 1 aliphatic rings. The molecule has 1 aliphatic heterocycles. The van der Waals surface area contributed by atoms with E-state index in [9.17, 15) is 15.4 Å². The molecule has 0 fully saturated rings. The van der Waals surface area contributed by atoms with E-state index < -0.39 is 6.10 Å². The van der Waals surface area contributed by atoms with Crippen molar-refractivity contribution in [1.82, 2.24) is 5.32 Å². The zero-order valence-corrected chi connectivity index (χ0v) is 15.0. The van der Waals surface area contributed by atoms with Gasteiger partial charge in [0.05, 0.1) is 6.10 Å². The first kappa shape index (κ1) is 19.0. The molecule has 6 heteroatoms. The van der Waals surface area contributed by atoms with Gasteiger partial charge in [-0.25, -0.2) is 0 Å². The smallest absolute Gasteiger partial charge is 0.125 e. The number of aliphatic hydroxyl groups excluding tert-OH is 2. The molecule has 0 aliphatic carbocycles. The van der Waals surface area contributed by atoms with Gasteiger partial charge in [0.2, 0.25) is 0 Å². The van der Waals surface area contributed by atoms with Crippen LogP contribution in [0.3, 0.4) is 0 Å². The number of hydrogen-bond donors (Lipinski definition) is 3. The van der Waals surface area contributed by atoms with Crippen LogP contribution in [0.5, 0.6) is 5.75 Å². The Morgan fingerprint density at radius 2 is 2.04 bits per heavy atom. The number of hydrogen-bond acceptors (Lipinski definition) is 6. The summed E-state index contributed by atoms with van der Waals surface area (Å²) in [5.41, 5.74) is 1.28. The van der Waals surface area contributed by atoms with Crippen LogP contribution in [0.15, 0.2) is 18.2 Å².